The second-order valence-corrected chi connectivity index (χ2v) is 11.9. The standard InChI is InChI=1S/C29H31ClN4O/c30-23-8-6-21(7-9-23)25-13-26(22-4-2-1-3-5-22)34-27(32-25)24(17-31-34)28(35)33-29-14-18-10-19(15-29)12-20(11-18)16-29/h1-9,17-20,25-26,32H,10-16H2,(H,33,35). The van der Waals surface area contributed by atoms with Gasteiger partial charge in [0.05, 0.1) is 18.3 Å². The largest absolute Gasteiger partial charge is 0.363 e. The van der Waals surface area contributed by atoms with Crippen molar-refractivity contribution in [1.82, 2.24) is 15.1 Å². The molecular weight excluding hydrogens is 456 g/mol. The fourth-order valence-electron chi connectivity index (χ4n) is 7.89. The van der Waals surface area contributed by atoms with E-state index in [1.165, 1.54) is 24.8 Å². The van der Waals surface area contributed by atoms with Gasteiger partial charge in [-0.1, -0.05) is 54.1 Å². The van der Waals surface area contributed by atoms with Crippen LogP contribution in [0.3, 0.4) is 0 Å². The van der Waals surface area contributed by atoms with Crippen molar-refractivity contribution >= 4 is 23.3 Å². The smallest absolute Gasteiger partial charge is 0.257 e. The van der Waals surface area contributed by atoms with E-state index in [-0.39, 0.29) is 23.5 Å². The highest BCUT2D eigenvalue weighted by Crippen LogP contribution is 2.55. The summed E-state index contributed by atoms with van der Waals surface area (Å²) in [6.45, 7) is 0. The summed E-state index contributed by atoms with van der Waals surface area (Å²) in [4.78, 5) is 13.8. The van der Waals surface area contributed by atoms with E-state index in [1.54, 1.807) is 6.20 Å². The highest BCUT2D eigenvalue weighted by Gasteiger charge is 2.51. The number of nitrogens with one attached hydrogen (secondary N) is 2. The minimum Gasteiger partial charge on any atom is -0.363 e. The second-order valence-electron chi connectivity index (χ2n) is 11.4. The Kier molecular flexibility index (Phi) is 4.99. The minimum absolute atomic E-state index is 0.0178. The molecule has 2 N–H and O–H groups in total. The van der Waals surface area contributed by atoms with Crippen molar-refractivity contribution in [2.75, 3.05) is 5.32 Å². The van der Waals surface area contributed by atoms with Crippen molar-refractivity contribution in [3.05, 3.63) is 82.5 Å². The van der Waals surface area contributed by atoms with Crippen LogP contribution in [0, 0.1) is 17.8 Å². The molecule has 3 aromatic rings. The molecule has 6 heteroatoms. The van der Waals surface area contributed by atoms with Crippen LogP contribution in [0.4, 0.5) is 5.82 Å². The first-order valence-electron chi connectivity index (χ1n) is 13.0. The van der Waals surface area contributed by atoms with Crippen LogP contribution in [-0.2, 0) is 0 Å². The lowest BCUT2D eigenvalue weighted by Crippen LogP contribution is -2.59. The van der Waals surface area contributed by atoms with Crippen molar-refractivity contribution in [2.24, 2.45) is 17.8 Å². The molecule has 0 saturated heterocycles. The van der Waals surface area contributed by atoms with Crippen LogP contribution in [0.1, 0.15) is 78.5 Å². The molecule has 2 aromatic carbocycles. The SMILES string of the molecule is O=C(NC12CC3CC(CC(C3)C1)C2)c1cnn2c1NC(c1ccc(Cl)cc1)CC2c1ccccc1. The molecule has 180 valence electrons. The minimum atomic E-state index is -0.0241. The van der Waals surface area contributed by atoms with Crippen molar-refractivity contribution in [3.8, 4) is 0 Å². The van der Waals surface area contributed by atoms with Gasteiger partial charge >= 0.3 is 0 Å². The van der Waals surface area contributed by atoms with E-state index < -0.39 is 0 Å². The van der Waals surface area contributed by atoms with Gasteiger partial charge in [0.2, 0.25) is 0 Å². The fourth-order valence-corrected chi connectivity index (χ4v) is 8.02. The Morgan fingerprint density at radius 3 is 2.23 bits per heavy atom. The lowest BCUT2D eigenvalue weighted by molar-refractivity contribution is -0.0166. The van der Waals surface area contributed by atoms with Crippen LogP contribution in [0.2, 0.25) is 5.02 Å². The number of fused-ring (bicyclic) bond motifs is 1. The third kappa shape index (κ3) is 3.76. The number of benzene rings is 2. The molecule has 1 aromatic heterocycles. The third-order valence-electron chi connectivity index (χ3n) is 8.98. The first-order chi connectivity index (χ1) is 17.1. The lowest BCUT2D eigenvalue weighted by Gasteiger charge is -2.56. The molecule has 4 aliphatic carbocycles. The van der Waals surface area contributed by atoms with Crippen LogP contribution < -0.4 is 10.6 Å². The lowest BCUT2D eigenvalue weighted by atomic mass is 9.53. The van der Waals surface area contributed by atoms with Gasteiger partial charge in [-0.2, -0.15) is 5.10 Å². The van der Waals surface area contributed by atoms with Gasteiger partial charge in [-0.05, 0) is 86.0 Å². The molecule has 5 aliphatic rings. The topological polar surface area (TPSA) is 59.0 Å². The molecule has 4 saturated carbocycles. The van der Waals surface area contributed by atoms with Gasteiger partial charge in [-0.15, -0.1) is 0 Å². The normalized spacial score (nSPS) is 32.7. The predicted molar refractivity (Wildman–Crippen MR) is 138 cm³/mol. The monoisotopic (exact) mass is 486 g/mol. The molecule has 8 rings (SSSR count). The summed E-state index contributed by atoms with van der Waals surface area (Å²) in [6.07, 6.45) is 10.1. The van der Waals surface area contributed by atoms with E-state index in [2.05, 4.69) is 47.0 Å². The van der Waals surface area contributed by atoms with E-state index in [9.17, 15) is 4.79 Å². The highest BCUT2D eigenvalue weighted by atomic mass is 35.5. The molecule has 1 amide bonds. The van der Waals surface area contributed by atoms with Gasteiger partial charge in [-0.3, -0.25) is 4.79 Å². The number of hydrogen-bond donors (Lipinski definition) is 2. The average molecular weight is 487 g/mol. The summed E-state index contributed by atoms with van der Waals surface area (Å²) in [7, 11) is 0. The van der Waals surface area contributed by atoms with Crippen molar-refractivity contribution < 1.29 is 4.79 Å². The van der Waals surface area contributed by atoms with E-state index >= 15 is 0 Å². The maximum Gasteiger partial charge on any atom is 0.257 e. The number of carbonyl (C=O) groups excluding carboxylic acids is 1. The summed E-state index contributed by atoms with van der Waals surface area (Å²) < 4.78 is 2.01. The summed E-state index contributed by atoms with van der Waals surface area (Å²) in [5, 5.41) is 12.7. The van der Waals surface area contributed by atoms with E-state index in [0.717, 1.165) is 59.8 Å². The van der Waals surface area contributed by atoms with Gasteiger partial charge in [0.25, 0.3) is 5.91 Å². The van der Waals surface area contributed by atoms with Gasteiger partial charge in [-0.25, -0.2) is 4.68 Å². The zero-order valence-corrected chi connectivity index (χ0v) is 20.5. The van der Waals surface area contributed by atoms with Crippen LogP contribution in [0.5, 0.6) is 0 Å². The summed E-state index contributed by atoms with van der Waals surface area (Å²) in [5.41, 5.74) is 2.99. The Morgan fingerprint density at radius 2 is 1.57 bits per heavy atom. The summed E-state index contributed by atoms with van der Waals surface area (Å²) in [5.74, 6) is 3.20. The maximum atomic E-state index is 13.8. The van der Waals surface area contributed by atoms with E-state index in [0.29, 0.717) is 5.56 Å². The van der Waals surface area contributed by atoms with Crippen LogP contribution in [0.15, 0.2) is 60.8 Å². The first kappa shape index (κ1) is 21.5. The van der Waals surface area contributed by atoms with Crippen LogP contribution >= 0.6 is 11.6 Å². The van der Waals surface area contributed by atoms with Crippen molar-refractivity contribution in [2.45, 2.75) is 62.6 Å². The van der Waals surface area contributed by atoms with Gasteiger partial charge in [0.1, 0.15) is 11.4 Å². The Labute approximate surface area is 211 Å². The Balaban J connectivity index is 1.22. The molecule has 4 fully saturated rings. The zero-order chi connectivity index (χ0) is 23.6. The zero-order valence-electron chi connectivity index (χ0n) is 19.8. The Bertz CT molecular complexity index is 1220. The molecule has 1 aliphatic heterocycles. The number of hydrogen-bond acceptors (Lipinski definition) is 3. The predicted octanol–water partition coefficient (Wildman–Crippen LogP) is 6.38. The average Bonchev–Trinajstić information content (AvgIpc) is 3.28. The first-order valence-corrected chi connectivity index (χ1v) is 13.4. The molecule has 2 atom stereocenters. The van der Waals surface area contributed by atoms with E-state index in [1.807, 2.05) is 22.9 Å². The molecule has 2 unspecified atom stereocenters. The third-order valence-corrected chi connectivity index (χ3v) is 9.23. The number of anilines is 1. The van der Waals surface area contributed by atoms with Crippen LogP contribution in [-0.4, -0.2) is 21.2 Å². The molecule has 4 bridgehead atoms. The number of rotatable bonds is 4. The molecule has 5 nitrogen and oxygen atoms in total. The van der Waals surface area contributed by atoms with Gasteiger partial charge in [0, 0.05) is 10.6 Å². The van der Waals surface area contributed by atoms with Gasteiger partial charge < -0.3 is 10.6 Å². The van der Waals surface area contributed by atoms with Crippen molar-refractivity contribution in [1.29, 1.82) is 0 Å². The summed E-state index contributed by atoms with van der Waals surface area (Å²) >= 11 is 6.17. The number of carbonyl (C=O) groups is 1. The number of halogens is 1. The Morgan fingerprint density at radius 1 is 0.914 bits per heavy atom. The molecular formula is C29H31ClN4O. The number of aromatic nitrogens is 2. The highest BCUT2D eigenvalue weighted by molar-refractivity contribution is 6.30. The number of amides is 1. The Hall–Kier alpha value is -2.79. The van der Waals surface area contributed by atoms with E-state index in [4.69, 9.17) is 16.7 Å². The molecule has 0 spiro atoms. The van der Waals surface area contributed by atoms with Crippen molar-refractivity contribution in [3.63, 3.8) is 0 Å². The molecule has 0 radical (unpaired) electrons. The van der Waals surface area contributed by atoms with Gasteiger partial charge in [0.15, 0.2) is 0 Å². The quantitative estimate of drug-likeness (QED) is 0.449. The summed E-state index contributed by atoms with van der Waals surface area (Å²) in [6, 6.07) is 18.6. The number of nitrogens with zero attached hydrogens (tertiary/aromatic N) is 2. The maximum absolute atomic E-state index is 13.8. The fraction of sp³-hybridized carbons (Fsp3) is 0.448. The van der Waals surface area contributed by atoms with Crippen LogP contribution in [0.25, 0.3) is 0 Å². The molecule has 2 heterocycles. The molecule has 35 heavy (non-hydrogen) atoms. The second kappa shape index (κ2) is 8.12.